The number of carbonyl (C=O) groups is 1. The van der Waals surface area contributed by atoms with Crippen LogP contribution in [0, 0.1) is 0 Å². The first-order valence-corrected chi connectivity index (χ1v) is 6.98. The molecule has 2 heterocycles. The molecule has 2 fully saturated rings. The highest BCUT2D eigenvalue weighted by atomic mass is 16.5. The molecule has 2 unspecified atom stereocenters. The highest BCUT2D eigenvalue weighted by Gasteiger charge is 2.41. The number of ether oxygens (including phenoxy) is 1. The summed E-state index contributed by atoms with van der Waals surface area (Å²) in [6, 6.07) is 8.33. The maximum Gasteiger partial charge on any atom is 0.254 e. The zero-order valence-corrected chi connectivity index (χ0v) is 11.8. The standard InChI is InChI=1S/C16H21NO2/c1-16(2,3)12-6-4-11(5-7-12)15(18)17-9-14-8-13(17)10-19-14/h4-7,13-14H,8-10H2,1-3H3. The van der Waals surface area contributed by atoms with Crippen LogP contribution in [0.25, 0.3) is 0 Å². The Labute approximate surface area is 114 Å². The molecule has 0 N–H and O–H groups in total. The van der Waals surface area contributed by atoms with Crippen LogP contribution in [0.4, 0.5) is 0 Å². The van der Waals surface area contributed by atoms with Gasteiger partial charge in [0, 0.05) is 12.1 Å². The van der Waals surface area contributed by atoms with Gasteiger partial charge in [-0.2, -0.15) is 0 Å². The van der Waals surface area contributed by atoms with Gasteiger partial charge in [0.15, 0.2) is 0 Å². The quantitative estimate of drug-likeness (QED) is 0.776. The van der Waals surface area contributed by atoms with E-state index in [-0.39, 0.29) is 17.4 Å². The van der Waals surface area contributed by atoms with Crippen molar-refractivity contribution in [2.45, 2.75) is 44.8 Å². The minimum Gasteiger partial charge on any atom is -0.374 e. The molecular formula is C16H21NO2. The molecule has 2 atom stereocenters. The van der Waals surface area contributed by atoms with E-state index in [0.717, 1.165) is 18.5 Å². The van der Waals surface area contributed by atoms with E-state index in [1.807, 2.05) is 17.0 Å². The summed E-state index contributed by atoms with van der Waals surface area (Å²) in [5.41, 5.74) is 2.18. The normalized spacial score (nSPS) is 25.9. The molecule has 0 radical (unpaired) electrons. The lowest BCUT2D eigenvalue weighted by Gasteiger charge is -2.27. The van der Waals surface area contributed by atoms with Crippen LogP contribution in [0.2, 0.25) is 0 Å². The Morgan fingerprint density at radius 1 is 1.26 bits per heavy atom. The molecule has 2 saturated heterocycles. The van der Waals surface area contributed by atoms with Gasteiger partial charge in [-0.3, -0.25) is 4.79 Å². The van der Waals surface area contributed by atoms with Gasteiger partial charge in [-0.05, 0) is 29.5 Å². The SMILES string of the molecule is CC(C)(C)c1ccc(C(=O)N2CC3CC2CO3)cc1. The van der Waals surface area contributed by atoms with Crippen LogP contribution in [0.15, 0.2) is 24.3 Å². The topological polar surface area (TPSA) is 29.5 Å². The lowest BCUT2D eigenvalue weighted by Crippen LogP contribution is -2.41. The highest BCUT2D eigenvalue weighted by Crippen LogP contribution is 2.29. The molecule has 102 valence electrons. The minimum atomic E-state index is 0.127. The Kier molecular flexibility index (Phi) is 2.90. The second-order valence-corrected chi connectivity index (χ2v) is 6.63. The molecule has 3 heteroatoms. The zero-order chi connectivity index (χ0) is 13.6. The van der Waals surface area contributed by atoms with Gasteiger partial charge in [0.2, 0.25) is 0 Å². The van der Waals surface area contributed by atoms with E-state index in [4.69, 9.17) is 4.74 Å². The third-order valence-corrected chi connectivity index (χ3v) is 4.16. The molecule has 2 aliphatic heterocycles. The van der Waals surface area contributed by atoms with Crippen molar-refractivity contribution in [2.75, 3.05) is 13.2 Å². The number of carbonyl (C=O) groups excluding carboxylic acids is 1. The summed E-state index contributed by atoms with van der Waals surface area (Å²) in [7, 11) is 0. The van der Waals surface area contributed by atoms with E-state index in [1.165, 1.54) is 5.56 Å². The predicted octanol–water partition coefficient (Wildman–Crippen LogP) is 2.60. The molecule has 1 amide bonds. The van der Waals surface area contributed by atoms with Crippen molar-refractivity contribution in [3.8, 4) is 0 Å². The van der Waals surface area contributed by atoms with Crippen LogP contribution in [-0.4, -0.2) is 36.1 Å². The first kappa shape index (κ1) is 12.7. The second kappa shape index (κ2) is 4.34. The molecule has 1 aromatic rings. The summed E-state index contributed by atoms with van der Waals surface area (Å²) in [5.74, 6) is 0.149. The predicted molar refractivity (Wildman–Crippen MR) is 74.3 cm³/mol. The van der Waals surface area contributed by atoms with E-state index < -0.39 is 0 Å². The number of nitrogens with zero attached hydrogens (tertiary/aromatic N) is 1. The van der Waals surface area contributed by atoms with E-state index >= 15 is 0 Å². The van der Waals surface area contributed by atoms with Gasteiger partial charge in [-0.15, -0.1) is 0 Å². The zero-order valence-electron chi connectivity index (χ0n) is 11.8. The lowest BCUT2D eigenvalue weighted by molar-refractivity contribution is 0.0259. The van der Waals surface area contributed by atoms with Crippen molar-refractivity contribution in [1.82, 2.24) is 4.90 Å². The second-order valence-electron chi connectivity index (χ2n) is 6.63. The van der Waals surface area contributed by atoms with E-state index in [9.17, 15) is 4.79 Å². The maximum absolute atomic E-state index is 12.5. The highest BCUT2D eigenvalue weighted by molar-refractivity contribution is 5.94. The van der Waals surface area contributed by atoms with E-state index in [1.54, 1.807) is 0 Å². The fraction of sp³-hybridized carbons (Fsp3) is 0.562. The maximum atomic E-state index is 12.5. The molecule has 0 saturated carbocycles. The molecule has 3 rings (SSSR count). The summed E-state index contributed by atoms with van der Waals surface area (Å²) in [5, 5.41) is 0. The number of likely N-dealkylation sites (tertiary alicyclic amines) is 1. The molecule has 0 spiro atoms. The van der Waals surface area contributed by atoms with E-state index in [0.29, 0.717) is 12.6 Å². The molecular weight excluding hydrogens is 238 g/mol. The summed E-state index contributed by atoms with van der Waals surface area (Å²) in [6.07, 6.45) is 1.27. The van der Waals surface area contributed by atoms with Crippen LogP contribution in [-0.2, 0) is 10.2 Å². The van der Waals surface area contributed by atoms with E-state index in [2.05, 4.69) is 32.9 Å². The van der Waals surface area contributed by atoms with Crippen molar-refractivity contribution in [3.05, 3.63) is 35.4 Å². The molecule has 3 nitrogen and oxygen atoms in total. The number of rotatable bonds is 1. The van der Waals surface area contributed by atoms with Crippen LogP contribution < -0.4 is 0 Å². The van der Waals surface area contributed by atoms with Crippen molar-refractivity contribution in [1.29, 1.82) is 0 Å². The van der Waals surface area contributed by atoms with Gasteiger partial charge >= 0.3 is 0 Å². The van der Waals surface area contributed by atoms with Crippen molar-refractivity contribution < 1.29 is 9.53 Å². The van der Waals surface area contributed by atoms with Crippen molar-refractivity contribution in [3.63, 3.8) is 0 Å². The summed E-state index contributed by atoms with van der Waals surface area (Å²) >= 11 is 0. The van der Waals surface area contributed by atoms with Gasteiger partial charge in [0.05, 0.1) is 18.8 Å². The van der Waals surface area contributed by atoms with Gasteiger partial charge in [-0.25, -0.2) is 0 Å². The summed E-state index contributed by atoms with van der Waals surface area (Å²) in [6.45, 7) is 8.00. The number of fused-ring (bicyclic) bond motifs is 2. The average Bonchev–Trinajstić information content (AvgIpc) is 2.99. The van der Waals surface area contributed by atoms with Gasteiger partial charge in [-0.1, -0.05) is 32.9 Å². The number of hydrogen-bond donors (Lipinski definition) is 0. The van der Waals surface area contributed by atoms with Gasteiger partial charge in [0.1, 0.15) is 0 Å². The number of benzene rings is 1. The minimum absolute atomic E-state index is 0.127. The van der Waals surface area contributed by atoms with Gasteiger partial charge in [0.25, 0.3) is 5.91 Å². The molecule has 1 aromatic carbocycles. The molecule has 0 aliphatic carbocycles. The Morgan fingerprint density at radius 3 is 2.42 bits per heavy atom. The lowest BCUT2D eigenvalue weighted by atomic mass is 9.86. The van der Waals surface area contributed by atoms with Crippen LogP contribution >= 0.6 is 0 Å². The Morgan fingerprint density at radius 2 is 1.95 bits per heavy atom. The van der Waals surface area contributed by atoms with Crippen molar-refractivity contribution in [2.24, 2.45) is 0 Å². The first-order valence-electron chi connectivity index (χ1n) is 6.98. The number of hydrogen-bond acceptors (Lipinski definition) is 2. The summed E-state index contributed by atoms with van der Waals surface area (Å²) in [4.78, 5) is 14.4. The first-order chi connectivity index (χ1) is 8.95. The average molecular weight is 259 g/mol. The van der Waals surface area contributed by atoms with Crippen LogP contribution in [0.3, 0.4) is 0 Å². The Balaban J connectivity index is 1.77. The molecule has 2 aliphatic rings. The van der Waals surface area contributed by atoms with Crippen LogP contribution in [0.5, 0.6) is 0 Å². The molecule has 19 heavy (non-hydrogen) atoms. The third-order valence-electron chi connectivity index (χ3n) is 4.16. The fourth-order valence-corrected chi connectivity index (χ4v) is 2.93. The summed E-state index contributed by atoms with van der Waals surface area (Å²) < 4.78 is 5.54. The monoisotopic (exact) mass is 259 g/mol. The van der Waals surface area contributed by atoms with Crippen LogP contribution in [0.1, 0.15) is 43.1 Å². The smallest absolute Gasteiger partial charge is 0.254 e. The molecule has 0 aromatic heterocycles. The van der Waals surface area contributed by atoms with Crippen molar-refractivity contribution >= 4 is 5.91 Å². The van der Waals surface area contributed by atoms with Gasteiger partial charge < -0.3 is 9.64 Å². The Bertz CT molecular complexity index is 486. The molecule has 2 bridgehead atoms. The number of amides is 1. The largest absolute Gasteiger partial charge is 0.374 e. The third kappa shape index (κ3) is 2.27. The fourth-order valence-electron chi connectivity index (χ4n) is 2.93. The Hall–Kier alpha value is -1.35. The number of morpholine rings is 1.